The number of hydrogen-bond acceptors (Lipinski definition) is 5. The molecule has 1 N–H and O–H groups in total. The van der Waals surface area contributed by atoms with Gasteiger partial charge in [0.25, 0.3) is 5.91 Å². The van der Waals surface area contributed by atoms with Gasteiger partial charge in [-0.3, -0.25) is 4.79 Å². The Morgan fingerprint density at radius 1 is 1.17 bits per heavy atom. The lowest BCUT2D eigenvalue weighted by molar-refractivity contribution is 0.102. The van der Waals surface area contributed by atoms with Crippen LogP contribution >= 0.6 is 0 Å². The predicted octanol–water partition coefficient (Wildman–Crippen LogP) is 4.87. The van der Waals surface area contributed by atoms with Crippen molar-refractivity contribution in [3.63, 3.8) is 0 Å². The molecular weight excluding hydrogens is 368 g/mol. The number of ether oxygens (including phenoxy) is 3. The Kier molecular flexibility index (Phi) is 7.50. The number of nitrogens with zero attached hydrogens (tertiary/aromatic N) is 1. The highest BCUT2D eigenvalue weighted by Gasteiger charge is 2.17. The number of pyridine rings is 1. The SMILES string of the molecule is C=CCOc1ccc(C(=O)Nc2ncccc2OCC2CCCCC2)cc1OC. The summed E-state index contributed by atoms with van der Waals surface area (Å²) >= 11 is 0. The van der Waals surface area contributed by atoms with Gasteiger partial charge in [0.2, 0.25) is 0 Å². The minimum atomic E-state index is -0.292. The van der Waals surface area contributed by atoms with Crippen molar-refractivity contribution in [3.05, 3.63) is 54.7 Å². The second kappa shape index (κ2) is 10.5. The van der Waals surface area contributed by atoms with Crippen molar-refractivity contribution < 1.29 is 19.0 Å². The van der Waals surface area contributed by atoms with E-state index in [1.54, 1.807) is 36.5 Å². The Bertz CT molecular complexity index is 831. The fraction of sp³-hybridized carbons (Fsp3) is 0.391. The van der Waals surface area contributed by atoms with E-state index in [2.05, 4.69) is 16.9 Å². The van der Waals surface area contributed by atoms with Crippen LogP contribution in [0, 0.1) is 5.92 Å². The van der Waals surface area contributed by atoms with Gasteiger partial charge in [-0.2, -0.15) is 0 Å². The minimum Gasteiger partial charge on any atom is -0.493 e. The molecule has 1 amide bonds. The highest BCUT2D eigenvalue weighted by molar-refractivity contribution is 6.04. The number of anilines is 1. The molecule has 0 aliphatic heterocycles. The van der Waals surface area contributed by atoms with E-state index in [4.69, 9.17) is 14.2 Å². The first-order valence-electron chi connectivity index (χ1n) is 10.0. The van der Waals surface area contributed by atoms with E-state index < -0.39 is 0 Å². The van der Waals surface area contributed by atoms with E-state index in [0.29, 0.717) is 47.8 Å². The third-order valence-electron chi connectivity index (χ3n) is 4.98. The van der Waals surface area contributed by atoms with Gasteiger partial charge in [-0.05, 0) is 49.1 Å². The molecule has 1 saturated carbocycles. The van der Waals surface area contributed by atoms with E-state index in [-0.39, 0.29) is 5.91 Å². The first-order chi connectivity index (χ1) is 14.2. The third-order valence-corrected chi connectivity index (χ3v) is 4.98. The van der Waals surface area contributed by atoms with Crippen LogP contribution in [0.5, 0.6) is 17.2 Å². The lowest BCUT2D eigenvalue weighted by Crippen LogP contribution is -2.18. The summed E-state index contributed by atoms with van der Waals surface area (Å²) < 4.78 is 16.9. The maximum atomic E-state index is 12.7. The molecule has 0 atom stereocenters. The van der Waals surface area contributed by atoms with Crippen molar-refractivity contribution in [1.82, 2.24) is 4.98 Å². The second-order valence-electron chi connectivity index (χ2n) is 7.08. The van der Waals surface area contributed by atoms with Crippen molar-refractivity contribution in [2.24, 2.45) is 5.92 Å². The monoisotopic (exact) mass is 396 g/mol. The summed E-state index contributed by atoms with van der Waals surface area (Å²) in [6.45, 7) is 4.64. The standard InChI is InChI=1S/C23H28N2O4/c1-3-14-28-19-12-11-18(15-21(19)27-2)23(26)25-22-20(10-7-13-24-22)29-16-17-8-5-4-6-9-17/h3,7,10-13,15,17H,1,4-6,8-9,14,16H2,2H3,(H,24,25,26). The van der Waals surface area contributed by atoms with Crippen molar-refractivity contribution in [1.29, 1.82) is 0 Å². The molecule has 1 aliphatic carbocycles. The smallest absolute Gasteiger partial charge is 0.257 e. The van der Waals surface area contributed by atoms with Crippen LogP contribution < -0.4 is 19.5 Å². The number of rotatable bonds is 9. The number of nitrogens with one attached hydrogen (secondary N) is 1. The number of carbonyl (C=O) groups excluding carboxylic acids is 1. The zero-order chi connectivity index (χ0) is 20.5. The van der Waals surface area contributed by atoms with Gasteiger partial charge in [0.1, 0.15) is 6.61 Å². The first-order valence-corrected chi connectivity index (χ1v) is 10.0. The lowest BCUT2D eigenvalue weighted by atomic mass is 9.90. The molecule has 3 rings (SSSR count). The number of carbonyl (C=O) groups is 1. The molecule has 0 spiro atoms. The average molecular weight is 396 g/mol. The molecular formula is C23H28N2O4. The Morgan fingerprint density at radius 3 is 2.76 bits per heavy atom. The fourth-order valence-electron chi connectivity index (χ4n) is 3.42. The average Bonchev–Trinajstić information content (AvgIpc) is 2.77. The number of amides is 1. The molecule has 0 saturated heterocycles. The topological polar surface area (TPSA) is 69.7 Å². The number of aromatic nitrogens is 1. The van der Waals surface area contributed by atoms with Crippen molar-refractivity contribution >= 4 is 11.7 Å². The summed E-state index contributed by atoms with van der Waals surface area (Å²) in [4.78, 5) is 17.0. The molecule has 1 fully saturated rings. The molecule has 154 valence electrons. The van der Waals surface area contributed by atoms with E-state index in [1.807, 2.05) is 6.07 Å². The van der Waals surface area contributed by atoms with Gasteiger partial charge in [0.05, 0.1) is 13.7 Å². The van der Waals surface area contributed by atoms with Crippen LogP contribution in [-0.4, -0.2) is 31.2 Å². The van der Waals surface area contributed by atoms with Gasteiger partial charge < -0.3 is 19.5 Å². The van der Waals surface area contributed by atoms with Crippen molar-refractivity contribution in [3.8, 4) is 17.2 Å². The third kappa shape index (κ3) is 5.73. The number of methoxy groups -OCH3 is 1. The molecule has 0 radical (unpaired) electrons. The first kappa shape index (κ1) is 20.7. The van der Waals surface area contributed by atoms with E-state index in [1.165, 1.54) is 39.2 Å². The van der Waals surface area contributed by atoms with Crippen LogP contribution in [0.1, 0.15) is 42.5 Å². The van der Waals surface area contributed by atoms with Crippen LogP contribution in [0.25, 0.3) is 0 Å². The van der Waals surface area contributed by atoms with Crippen LogP contribution in [0.4, 0.5) is 5.82 Å². The Hall–Kier alpha value is -3.02. The van der Waals surface area contributed by atoms with Crippen molar-refractivity contribution in [2.45, 2.75) is 32.1 Å². The van der Waals surface area contributed by atoms with Gasteiger partial charge in [-0.1, -0.05) is 31.9 Å². The predicted molar refractivity (Wildman–Crippen MR) is 113 cm³/mol. The molecule has 1 aliphatic rings. The van der Waals surface area contributed by atoms with Gasteiger partial charge in [0.15, 0.2) is 23.1 Å². The summed E-state index contributed by atoms with van der Waals surface area (Å²) in [5, 5.41) is 2.84. The lowest BCUT2D eigenvalue weighted by Gasteiger charge is -2.22. The minimum absolute atomic E-state index is 0.292. The molecule has 2 aromatic rings. The normalized spacial score (nSPS) is 14.1. The molecule has 0 bridgehead atoms. The van der Waals surface area contributed by atoms with E-state index in [0.717, 1.165) is 0 Å². The van der Waals surface area contributed by atoms with E-state index in [9.17, 15) is 4.79 Å². The number of hydrogen-bond donors (Lipinski definition) is 1. The van der Waals surface area contributed by atoms with Crippen LogP contribution in [0.2, 0.25) is 0 Å². The summed E-state index contributed by atoms with van der Waals surface area (Å²) in [6, 6.07) is 8.66. The Balaban J connectivity index is 1.67. The maximum Gasteiger partial charge on any atom is 0.257 e. The summed E-state index contributed by atoms with van der Waals surface area (Å²) in [7, 11) is 1.54. The Morgan fingerprint density at radius 2 is 2.00 bits per heavy atom. The van der Waals surface area contributed by atoms with Crippen LogP contribution in [0.15, 0.2) is 49.2 Å². The summed E-state index contributed by atoms with van der Waals surface area (Å²) in [6.07, 6.45) is 9.51. The second-order valence-corrected chi connectivity index (χ2v) is 7.08. The van der Waals surface area contributed by atoms with Crippen LogP contribution in [-0.2, 0) is 0 Å². The Labute approximate surface area is 171 Å². The van der Waals surface area contributed by atoms with Gasteiger partial charge >= 0.3 is 0 Å². The van der Waals surface area contributed by atoms with Crippen LogP contribution in [0.3, 0.4) is 0 Å². The zero-order valence-corrected chi connectivity index (χ0v) is 16.9. The highest BCUT2D eigenvalue weighted by atomic mass is 16.5. The van der Waals surface area contributed by atoms with Gasteiger partial charge in [0, 0.05) is 11.8 Å². The summed E-state index contributed by atoms with van der Waals surface area (Å²) in [5.41, 5.74) is 0.441. The molecule has 1 heterocycles. The largest absolute Gasteiger partial charge is 0.493 e. The quantitative estimate of drug-likeness (QED) is 0.613. The zero-order valence-electron chi connectivity index (χ0n) is 16.9. The number of benzene rings is 1. The summed E-state index contributed by atoms with van der Waals surface area (Å²) in [5.74, 6) is 2.32. The fourth-order valence-corrected chi connectivity index (χ4v) is 3.42. The van der Waals surface area contributed by atoms with E-state index >= 15 is 0 Å². The van der Waals surface area contributed by atoms with Gasteiger partial charge in [-0.15, -0.1) is 0 Å². The molecule has 6 nitrogen and oxygen atoms in total. The van der Waals surface area contributed by atoms with Gasteiger partial charge in [-0.25, -0.2) is 4.98 Å². The molecule has 1 aromatic heterocycles. The highest BCUT2D eigenvalue weighted by Crippen LogP contribution is 2.30. The molecule has 0 unspecified atom stereocenters. The molecule has 6 heteroatoms. The molecule has 1 aromatic carbocycles. The van der Waals surface area contributed by atoms with Crippen molar-refractivity contribution in [2.75, 3.05) is 25.6 Å². The molecule has 29 heavy (non-hydrogen) atoms. The maximum absolute atomic E-state index is 12.7.